The van der Waals surface area contributed by atoms with E-state index in [0.29, 0.717) is 34.8 Å². The van der Waals surface area contributed by atoms with E-state index in [0.717, 1.165) is 0 Å². The molecule has 0 fully saturated rings. The Morgan fingerprint density at radius 1 is 1.24 bits per heavy atom. The van der Waals surface area contributed by atoms with Crippen LogP contribution in [-0.2, 0) is 6.54 Å². The van der Waals surface area contributed by atoms with E-state index in [2.05, 4.69) is 5.10 Å². The van der Waals surface area contributed by atoms with Gasteiger partial charge in [-0.2, -0.15) is 5.10 Å². The van der Waals surface area contributed by atoms with Crippen LogP contribution in [0.3, 0.4) is 0 Å². The summed E-state index contributed by atoms with van der Waals surface area (Å²) in [5.74, 6) is 1.18. The summed E-state index contributed by atoms with van der Waals surface area (Å²) in [5, 5.41) is 5.03. The van der Waals surface area contributed by atoms with Crippen LogP contribution >= 0.6 is 23.2 Å². The van der Waals surface area contributed by atoms with Gasteiger partial charge in [-0.25, -0.2) is 0 Å². The Balaban J connectivity index is 1.87. The second kappa shape index (κ2) is 5.29. The first-order valence-corrected chi connectivity index (χ1v) is 5.77. The highest BCUT2D eigenvalue weighted by molar-refractivity contribution is 6.42. The fraction of sp³-hybridized carbons (Fsp3) is 0.182. The molecule has 1 aromatic heterocycles. The van der Waals surface area contributed by atoms with Crippen LogP contribution in [0.4, 0.5) is 5.82 Å². The van der Waals surface area contributed by atoms with E-state index in [1.807, 2.05) is 0 Å². The summed E-state index contributed by atoms with van der Waals surface area (Å²) in [6.07, 6.45) is 1.80. The predicted octanol–water partition coefficient (Wildman–Crippen LogP) is 2.85. The van der Waals surface area contributed by atoms with Crippen LogP contribution in [0.25, 0.3) is 0 Å². The van der Waals surface area contributed by atoms with Gasteiger partial charge in [-0.15, -0.1) is 0 Å². The Morgan fingerprint density at radius 3 is 2.71 bits per heavy atom. The van der Waals surface area contributed by atoms with Crippen LogP contribution < -0.4 is 10.5 Å². The van der Waals surface area contributed by atoms with Gasteiger partial charge in [0.05, 0.1) is 16.6 Å². The SMILES string of the molecule is Nc1ccn(CCOc2ccc(Cl)c(Cl)c2)n1. The Bertz CT molecular complexity index is 513. The number of hydrogen-bond acceptors (Lipinski definition) is 3. The molecule has 0 bridgehead atoms. The van der Waals surface area contributed by atoms with Gasteiger partial charge in [0, 0.05) is 12.3 Å². The zero-order valence-electron chi connectivity index (χ0n) is 8.94. The molecule has 0 unspecified atom stereocenters. The van der Waals surface area contributed by atoms with Gasteiger partial charge < -0.3 is 10.5 Å². The van der Waals surface area contributed by atoms with Crippen molar-refractivity contribution in [3.05, 3.63) is 40.5 Å². The molecule has 2 N–H and O–H groups in total. The summed E-state index contributed by atoms with van der Waals surface area (Å²) in [4.78, 5) is 0. The van der Waals surface area contributed by atoms with Crippen LogP contribution in [0.15, 0.2) is 30.5 Å². The minimum Gasteiger partial charge on any atom is -0.492 e. The molecular formula is C11H11Cl2N3O. The van der Waals surface area contributed by atoms with Crippen molar-refractivity contribution in [2.45, 2.75) is 6.54 Å². The summed E-state index contributed by atoms with van der Waals surface area (Å²) in [6.45, 7) is 1.11. The van der Waals surface area contributed by atoms with Gasteiger partial charge in [-0.3, -0.25) is 4.68 Å². The number of halogens is 2. The van der Waals surface area contributed by atoms with E-state index in [1.165, 1.54) is 0 Å². The summed E-state index contributed by atoms with van der Waals surface area (Å²) < 4.78 is 7.23. The molecule has 0 amide bonds. The number of nitrogens with zero attached hydrogens (tertiary/aromatic N) is 2. The number of benzene rings is 1. The lowest BCUT2D eigenvalue weighted by Gasteiger charge is -2.07. The van der Waals surface area contributed by atoms with Crippen molar-refractivity contribution < 1.29 is 4.74 Å². The van der Waals surface area contributed by atoms with Gasteiger partial charge in [0.2, 0.25) is 0 Å². The zero-order valence-corrected chi connectivity index (χ0v) is 10.4. The Hall–Kier alpha value is -1.39. The number of aromatic nitrogens is 2. The molecular weight excluding hydrogens is 261 g/mol. The lowest BCUT2D eigenvalue weighted by molar-refractivity contribution is 0.291. The van der Waals surface area contributed by atoms with Gasteiger partial charge in [-0.1, -0.05) is 23.2 Å². The van der Waals surface area contributed by atoms with E-state index >= 15 is 0 Å². The zero-order chi connectivity index (χ0) is 12.3. The minimum absolute atomic E-state index is 0.479. The van der Waals surface area contributed by atoms with Crippen LogP contribution in [-0.4, -0.2) is 16.4 Å². The third-order valence-electron chi connectivity index (χ3n) is 2.14. The molecule has 2 aromatic rings. The highest BCUT2D eigenvalue weighted by Crippen LogP contribution is 2.26. The van der Waals surface area contributed by atoms with Gasteiger partial charge >= 0.3 is 0 Å². The summed E-state index contributed by atoms with van der Waals surface area (Å²) >= 11 is 11.7. The minimum atomic E-state index is 0.479. The average molecular weight is 272 g/mol. The van der Waals surface area contributed by atoms with Crippen molar-refractivity contribution in [3.8, 4) is 5.75 Å². The number of nitrogen functional groups attached to an aromatic ring is 1. The van der Waals surface area contributed by atoms with Crippen molar-refractivity contribution in [1.29, 1.82) is 0 Å². The second-order valence-electron chi connectivity index (χ2n) is 3.43. The highest BCUT2D eigenvalue weighted by Gasteiger charge is 2.00. The van der Waals surface area contributed by atoms with Crippen molar-refractivity contribution in [2.24, 2.45) is 0 Å². The summed E-state index contributed by atoms with van der Waals surface area (Å²) in [6, 6.07) is 6.89. The molecule has 2 rings (SSSR count). The summed E-state index contributed by atoms with van der Waals surface area (Å²) in [5.41, 5.74) is 5.49. The Kier molecular flexibility index (Phi) is 3.76. The molecule has 90 valence electrons. The largest absolute Gasteiger partial charge is 0.492 e. The van der Waals surface area contributed by atoms with Crippen molar-refractivity contribution in [2.75, 3.05) is 12.3 Å². The van der Waals surface area contributed by atoms with Crippen molar-refractivity contribution >= 4 is 29.0 Å². The molecule has 0 aliphatic carbocycles. The lowest BCUT2D eigenvalue weighted by atomic mass is 10.3. The topological polar surface area (TPSA) is 53.1 Å². The smallest absolute Gasteiger partial charge is 0.145 e. The predicted molar refractivity (Wildman–Crippen MR) is 68.6 cm³/mol. The molecule has 6 heteroatoms. The summed E-state index contributed by atoms with van der Waals surface area (Å²) in [7, 11) is 0. The molecule has 17 heavy (non-hydrogen) atoms. The second-order valence-corrected chi connectivity index (χ2v) is 4.24. The maximum Gasteiger partial charge on any atom is 0.145 e. The standard InChI is InChI=1S/C11H11Cl2N3O/c12-9-2-1-8(7-10(9)13)17-6-5-16-4-3-11(14)15-16/h1-4,7H,5-6H2,(H2,14,15). The quantitative estimate of drug-likeness (QED) is 0.931. The fourth-order valence-electron chi connectivity index (χ4n) is 1.33. The van der Waals surface area contributed by atoms with E-state index in [9.17, 15) is 0 Å². The van der Waals surface area contributed by atoms with Crippen LogP contribution in [0.5, 0.6) is 5.75 Å². The van der Waals surface area contributed by atoms with E-state index in [4.69, 9.17) is 33.7 Å². The molecule has 0 aliphatic heterocycles. The van der Waals surface area contributed by atoms with Gasteiger partial charge in [-0.05, 0) is 18.2 Å². The Labute approximate surface area is 109 Å². The lowest BCUT2D eigenvalue weighted by Crippen LogP contribution is -2.08. The van der Waals surface area contributed by atoms with Gasteiger partial charge in [0.1, 0.15) is 18.2 Å². The molecule has 1 heterocycles. The normalized spacial score (nSPS) is 10.5. The van der Waals surface area contributed by atoms with Gasteiger partial charge in [0.25, 0.3) is 0 Å². The maximum atomic E-state index is 5.87. The number of anilines is 1. The Morgan fingerprint density at radius 2 is 2.06 bits per heavy atom. The monoisotopic (exact) mass is 271 g/mol. The van der Waals surface area contributed by atoms with E-state index < -0.39 is 0 Å². The first-order valence-electron chi connectivity index (χ1n) is 5.02. The molecule has 0 aliphatic rings. The molecule has 0 saturated heterocycles. The third kappa shape index (κ3) is 3.28. The number of rotatable bonds is 4. The first-order chi connectivity index (χ1) is 8.15. The van der Waals surface area contributed by atoms with E-state index in [-0.39, 0.29) is 0 Å². The first kappa shape index (κ1) is 12.1. The molecule has 0 spiro atoms. The van der Waals surface area contributed by atoms with Gasteiger partial charge in [0.15, 0.2) is 0 Å². The highest BCUT2D eigenvalue weighted by atomic mass is 35.5. The van der Waals surface area contributed by atoms with Crippen molar-refractivity contribution in [1.82, 2.24) is 9.78 Å². The van der Waals surface area contributed by atoms with Crippen LogP contribution in [0.1, 0.15) is 0 Å². The number of hydrogen-bond donors (Lipinski definition) is 1. The molecule has 0 radical (unpaired) electrons. The molecule has 4 nitrogen and oxygen atoms in total. The maximum absolute atomic E-state index is 5.87. The fourth-order valence-corrected chi connectivity index (χ4v) is 1.61. The average Bonchev–Trinajstić information content (AvgIpc) is 2.70. The number of nitrogens with two attached hydrogens (primary N) is 1. The number of ether oxygens (including phenoxy) is 1. The van der Waals surface area contributed by atoms with Crippen LogP contribution in [0.2, 0.25) is 10.0 Å². The van der Waals surface area contributed by atoms with Crippen LogP contribution in [0, 0.1) is 0 Å². The van der Waals surface area contributed by atoms with E-state index in [1.54, 1.807) is 35.1 Å². The molecule has 1 aromatic carbocycles. The molecule has 0 saturated carbocycles. The molecule has 0 atom stereocenters. The third-order valence-corrected chi connectivity index (χ3v) is 2.88. The van der Waals surface area contributed by atoms with Crippen molar-refractivity contribution in [3.63, 3.8) is 0 Å².